The number of carbonyl (C=O) groups excluding carboxylic acids is 1. The van der Waals surface area contributed by atoms with E-state index in [1.165, 1.54) is 6.07 Å². The molecule has 1 aliphatic rings. The summed E-state index contributed by atoms with van der Waals surface area (Å²) in [5.41, 5.74) is 2.82. The number of aryl methyl sites for hydroxylation is 3. The Bertz CT molecular complexity index is 916. The van der Waals surface area contributed by atoms with Gasteiger partial charge in [-0.2, -0.15) is 0 Å². The molecule has 0 spiro atoms. The van der Waals surface area contributed by atoms with E-state index in [1.807, 2.05) is 32.9 Å². The molecule has 25 heavy (non-hydrogen) atoms. The second kappa shape index (κ2) is 6.55. The van der Waals surface area contributed by atoms with Crippen molar-refractivity contribution in [3.05, 3.63) is 47.3 Å². The molecule has 0 saturated carbocycles. The lowest BCUT2D eigenvalue weighted by atomic mass is 10.1. The lowest BCUT2D eigenvalue weighted by Gasteiger charge is -2.17. The molecule has 0 unspecified atom stereocenters. The minimum atomic E-state index is -3.75. The van der Waals surface area contributed by atoms with E-state index in [2.05, 4.69) is 4.72 Å². The molecule has 0 bridgehead atoms. The maximum Gasteiger partial charge on any atom is 0.270 e. The Balaban J connectivity index is 1.95. The smallest absolute Gasteiger partial charge is 0.270 e. The van der Waals surface area contributed by atoms with Gasteiger partial charge in [0, 0.05) is 25.8 Å². The summed E-state index contributed by atoms with van der Waals surface area (Å²) in [6.07, 6.45) is 2.37. The summed E-state index contributed by atoms with van der Waals surface area (Å²) >= 11 is 0. The molecule has 1 N–H and O–H groups in total. The van der Waals surface area contributed by atoms with Crippen molar-refractivity contribution in [2.75, 3.05) is 17.8 Å². The fraction of sp³-hybridized carbons (Fsp3) is 0.389. The third-order valence-corrected chi connectivity index (χ3v) is 5.87. The standard InChI is InChI=1S/C18H23N3O3S/c1-4-20-8-5-9-21-12-15(11-17(21)18(20)22)25(23,24)19-16-10-13(2)6-7-14(16)3/h6-7,10-12,19H,4-5,8-9H2,1-3H3. The van der Waals surface area contributed by atoms with E-state index >= 15 is 0 Å². The van der Waals surface area contributed by atoms with Crippen LogP contribution in [-0.2, 0) is 16.6 Å². The van der Waals surface area contributed by atoms with Crippen LogP contribution in [0.15, 0.2) is 35.4 Å². The molecule has 2 aromatic rings. The van der Waals surface area contributed by atoms with Gasteiger partial charge >= 0.3 is 0 Å². The molecule has 0 atom stereocenters. The van der Waals surface area contributed by atoms with Gasteiger partial charge in [0.25, 0.3) is 15.9 Å². The van der Waals surface area contributed by atoms with Gasteiger partial charge in [0.2, 0.25) is 0 Å². The third-order valence-electron chi connectivity index (χ3n) is 4.53. The molecule has 0 radical (unpaired) electrons. The number of benzene rings is 1. The van der Waals surface area contributed by atoms with E-state index in [0.29, 0.717) is 31.0 Å². The average Bonchev–Trinajstić information content (AvgIpc) is 2.93. The first kappa shape index (κ1) is 17.5. The minimum Gasteiger partial charge on any atom is -0.342 e. The van der Waals surface area contributed by atoms with Crippen molar-refractivity contribution in [3.63, 3.8) is 0 Å². The number of amides is 1. The number of sulfonamides is 1. The van der Waals surface area contributed by atoms with Crippen LogP contribution >= 0.6 is 0 Å². The van der Waals surface area contributed by atoms with Crippen LogP contribution in [-0.4, -0.2) is 36.9 Å². The maximum atomic E-state index is 12.8. The summed E-state index contributed by atoms with van der Waals surface area (Å²) in [4.78, 5) is 14.4. The van der Waals surface area contributed by atoms with Crippen molar-refractivity contribution in [2.24, 2.45) is 0 Å². The zero-order valence-electron chi connectivity index (χ0n) is 14.7. The Morgan fingerprint density at radius 1 is 1.16 bits per heavy atom. The van der Waals surface area contributed by atoms with Gasteiger partial charge in [-0.3, -0.25) is 9.52 Å². The second-order valence-electron chi connectivity index (χ2n) is 6.42. The Morgan fingerprint density at radius 3 is 2.64 bits per heavy atom. The number of aromatic nitrogens is 1. The first-order valence-electron chi connectivity index (χ1n) is 8.41. The normalized spacial score (nSPS) is 15.0. The monoisotopic (exact) mass is 361 g/mol. The number of hydrogen-bond acceptors (Lipinski definition) is 3. The highest BCUT2D eigenvalue weighted by Crippen LogP contribution is 2.24. The number of fused-ring (bicyclic) bond motifs is 1. The molecule has 7 heteroatoms. The second-order valence-corrected chi connectivity index (χ2v) is 8.10. The lowest BCUT2D eigenvalue weighted by molar-refractivity contribution is 0.0766. The number of nitrogens with zero attached hydrogens (tertiary/aromatic N) is 2. The first-order chi connectivity index (χ1) is 11.8. The maximum absolute atomic E-state index is 12.8. The minimum absolute atomic E-state index is 0.117. The topological polar surface area (TPSA) is 71.4 Å². The quantitative estimate of drug-likeness (QED) is 0.910. The number of nitrogens with one attached hydrogen (secondary N) is 1. The molecule has 2 heterocycles. The highest BCUT2D eigenvalue weighted by molar-refractivity contribution is 7.92. The molecule has 1 amide bonds. The van der Waals surface area contributed by atoms with Gasteiger partial charge in [-0.25, -0.2) is 8.42 Å². The zero-order valence-corrected chi connectivity index (χ0v) is 15.6. The molecule has 1 aromatic heterocycles. The third kappa shape index (κ3) is 3.42. The largest absolute Gasteiger partial charge is 0.342 e. The first-order valence-corrected chi connectivity index (χ1v) is 9.89. The average molecular weight is 361 g/mol. The van der Waals surface area contributed by atoms with E-state index < -0.39 is 10.0 Å². The lowest BCUT2D eigenvalue weighted by Crippen LogP contribution is -2.30. The van der Waals surface area contributed by atoms with Crippen LogP contribution in [0.3, 0.4) is 0 Å². The van der Waals surface area contributed by atoms with Gasteiger partial charge in [0.15, 0.2) is 0 Å². The van der Waals surface area contributed by atoms with Crippen LogP contribution in [0.4, 0.5) is 5.69 Å². The molecule has 0 fully saturated rings. The van der Waals surface area contributed by atoms with Crippen molar-refractivity contribution >= 4 is 21.6 Å². The van der Waals surface area contributed by atoms with Crippen molar-refractivity contribution in [3.8, 4) is 0 Å². The van der Waals surface area contributed by atoms with E-state index in [4.69, 9.17) is 0 Å². The Hall–Kier alpha value is -2.28. The number of hydrogen-bond donors (Lipinski definition) is 1. The highest BCUT2D eigenvalue weighted by atomic mass is 32.2. The van der Waals surface area contributed by atoms with E-state index in [9.17, 15) is 13.2 Å². The predicted octanol–water partition coefficient (Wildman–Crippen LogP) is 2.77. The summed E-state index contributed by atoms with van der Waals surface area (Å²) in [6.45, 7) is 7.64. The Kier molecular flexibility index (Phi) is 4.60. The van der Waals surface area contributed by atoms with Crippen molar-refractivity contribution < 1.29 is 13.2 Å². The van der Waals surface area contributed by atoms with Crippen molar-refractivity contribution in [1.29, 1.82) is 0 Å². The van der Waals surface area contributed by atoms with Crippen LogP contribution < -0.4 is 4.72 Å². The van der Waals surface area contributed by atoms with Crippen molar-refractivity contribution in [1.82, 2.24) is 9.47 Å². The van der Waals surface area contributed by atoms with Crippen molar-refractivity contribution in [2.45, 2.75) is 38.6 Å². The number of anilines is 1. The highest BCUT2D eigenvalue weighted by Gasteiger charge is 2.26. The van der Waals surface area contributed by atoms with Crippen LogP contribution in [0, 0.1) is 13.8 Å². The van der Waals surface area contributed by atoms with Gasteiger partial charge in [-0.15, -0.1) is 0 Å². The van der Waals surface area contributed by atoms with Gasteiger partial charge in [0.05, 0.1) is 5.69 Å². The van der Waals surface area contributed by atoms with Gasteiger partial charge in [-0.05, 0) is 50.5 Å². The molecule has 1 aromatic carbocycles. The molecule has 6 nitrogen and oxygen atoms in total. The van der Waals surface area contributed by atoms with Crippen LogP contribution in [0.1, 0.15) is 35.0 Å². The summed E-state index contributed by atoms with van der Waals surface area (Å²) in [5, 5.41) is 0. The van der Waals surface area contributed by atoms with Crippen LogP contribution in [0.2, 0.25) is 0 Å². The van der Waals surface area contributed by atoms with Gasteiger partial charge in [-0.1, -0.05) is 12.1 Å². The fourth-order valence-electron chi connectivity index (χ4n) is 3.04. The summed E-state index contributed by atoms with van der Waals surface area (Å²) in [7, 11) is -3.75. The Labute approximate surface area is 148 Å². The molecule has 1 aliphatic heterocycles. The SMILES string of the molecule is CCN1CCCn2cc(S(=O)(=O)Nc3cc(C)ccc3C)cc2C1=O. The van der Waals surface area contributed by atoms with Crippen LogP contribution in [0.5, 0.6) is 0 Å². The van der Waals surface area contributed by atoms with Crippen LogP contribution in [0.25, 0.3) is 0 Å². The number of carbonyl (C=O) groups is 1. The van der Waals surface area contributed by atoms with E-state index in [0.717, 1.165) is 17.5 Å². The zero-order chi connectivity index (χ0) is 18.2. The molecule has 3 rings (SSSR count). The molecular weight excluding hydrogens is 338 g/mol. The summed E-state index contributed by atoms with van der Waals surface area (Å²) < 4.78 is 29.9. The van der Waals surface area contributed by atoms with Gasteiger partial charge < -0.3 is 9.47 Å². The summed E-state index contributed by atoms with van der Waals surface area (Å²) in [6, 6.07) is 7.10. The molecule has 0 aliphatic carbocycles. The Morgan fingerprint density at radius 2 is 1.92 bits per heavy atom. The van der Waals surface area contributed by atoms with E-state index in [-0.39, 0.29) is 10.8 Å². The van der Waals surface area contributed by atoms with Gasteiger partial charge in [0.1, 0.15) is 10.6 Å². The molecular formula is C18H23N3O3S. The summed E-state index contributed by atoms with van der Waals surface area (Å²) in [5.74, 6) is -0.117. The fourth-order valence-corrected chi connectivity index (χ4v) is 4.20. The molecule has 134 valence electrons. The number of rotatable bonds is 4. The molecule has 0 saturated heterocycles. The van der Waals surface area contributed by atoms with E-state index in [1.54, 1.807) is 21.7 Å². The predicted molar refractivity (Wildman–Crippen MR) is 97.4 cm³/mol.